The number of nitrogens with two attached hydrogens (primary N) is 1. The summed E-state index contributed by atoms with van der Waals surface area (Å²) in [6.07, 6.45) is 8.10. The van der Waals surface area contributed by atoms with Crippen LogP contribution >= 0.6 is 0 Å². The van der Waals surface area contributed by atoms with Crippen LogP contribution in [0.25, 0.3) is 11.3 Å². The number of hydrogen-bond acceptors (Lipinski definition) is 4. The Morgan fingerprint density at radius 2 is 2.00 bits per heavy atom. The largest absolute Gasteiger partial charge is 0.404 e. The molecule has 0 aromatic heterocycles. The Bertz CT molecular complexity index is 1190. The van der Waals surface area contributed by atoms with Crippen LogP contribution in [0.3, 0.4) is 0 Å². The van der Waals surface area contributed by atoms with Crippen LogP contribution in [0.15, 0.2) is 65.5 Å². The van der Waals surface area contributed by atoms with E-state index in [2.05, 4.69) is 68.1 Å². The fraction of sp³-hybridized carbons (Fsp3) is 0.379. The normalized spacial score (nSPS) is 18.8. The van der Waals surface area contributed by atoms with Crippen LogP contribution in [0.2, 0.25) is 0 Å². The number of aliphatic imine (C=N–C) groups is 1. The quantitative estimate of drug-likeness (QED) is 0.418. The zero-order chi connectivity index (χ0) is 25.4. The second kappa shape index (κ2) is 9.10. The molecule has 0 spiro atoms. The first kappa shape index (κ1) is 25.2. The minimum Gasteiger partial charge on any atom is -0.404 e. The van der Waals surface area contributed by atoms with E-state index in [1.165, 1.54) is 25.6 Å². The maximum atomic E-state index is 13.9. The molecule has 1 atom stereocenters. The number of benzene rings is 1. The van der Waals surface area contributed by atoms with E-state index < -0.39 is 5.67 Å². The topological polar surface area (TPSA) is 65.4 Å². The molecule has 1 aromatic rings. The monoisotopic (exact) mass is 458 g/mol. The molecular formula is C29H35FN4. The lowest BCUT2D eigenvalue weighted by Gasteiger charge is -2.47. The number of hydrogen-bond donors (Lipinski definition) is 1. The third-order valence-corrected chi connectivity index (χ3v) is 6.33. The summed E-state index contributed by atoms with van der Waals surface area (Å²) < 4.78 is 13.9. The second-order valence-corrected chi connectivity index (χ2v) is 10.8. The average Bonchev–Trinajstić information content (AvgIpc) is 2.74. The number of nitrogens with zero attached hydrogens (tertiary/aromatic N) is 3. The Morgan fingerprint density at radius 1 is 1.32 bits per heavy atom. The van der Waals surface area contributed by atoms with Gasteiger partial charge in [-0.05, 0) is 67.0 Å². The first-order valence-corrected chi connectivity index (χ1v) is 11.5. The van der Waals surface area contributed by atoms with Gasteiger partial charge < -0.3 is 10.6 Å². The van der Waals surface area contributed by atoms with Gasteiger partial charge in [0.05, 0.1) is 18.2 Å². The molecule has 178 valence electrons. The predicted molar refractivity (Wildman–Crippen MR) is 141 cm³/mol. The Morgan fingerprint density at radius 3 is 2.56 bits per heavy atom. The minimum atomic E-state index is -1.37. The molecule has 34 heavy (non-hydrogen) atoms. The van der Waals surface area contributed by atoms with E-state index in [1.807, 2.05) is 13.1 Å². The maximum Gasteiger partial charge on any atom is 0.124 e. The van der Waals surface area contributed by atoms with Crippen LogP contribution < -0.4 is 5.73 Å². The maximum absolute atomic E-state index is 13.9. The van der Waals surface area contributed by atoms with Gasteiger partial charge in [-0.2, -0.15) is 5.26 Å². The Hall–Kier alpha value is -3.39. The smallest absolute Gasteiger partial charge is 0.124 e. The van der Waals surface area contributed by atoms with Gasteiger partial charge in [0.1, 0.15) is 5.67 Å². The summed E-state index contributed by atoms with van der Waals surface area (Å²) in [5.74, 6) is 0. The van der Waals surface area contributed by atoms with Gasteiger partial charge in [0.25, 0.3) is 0 Å². The van der Waals surface area contributed by atoms with Crippen molar-refractivity contribution in [3.8, 4) is 6.07 Å². The van der Waals surface area contributed by atoms with Crippen molar-refractivity contribution in [2.24, 2.45) is 16.1 Å². The lowest BCUT2D eigenvalue weighted by molar-refractivity contribution is 0.189. The van der Waals surface area contributed by atoms with E-state index in [-0.39, 0.29) is 18.0 Å². The van der Waals surface area contributed by atoms with Gasteiger partial charge in [-0.3, -0.25) is 4.99 Å². The van der Waals surface area contributed by atoms with Crippen molar-refractivity contribution in [3.05, 3.63) is 82.7 Å². The van der Waals surface area contributed by atoms with Crippen LogP contribution in [-0.2, 0) is 6.42 Å². The average molecular weight is 459 g/mol. The fourth-order valence-electron chi connectivity index (χ4n) is 4.48. The van der Waals surface area contributed by atoms with Gasteiger partial charge in [-0.1, -0.05) is 40.0 Å². The van der Waals surface area contributed by atoms with E-state index in [0.717, 1.165) is 45.5 Å². The minimum absolute atomic E-state index is 0.0310. The molecule has 1 unspecified atom stereocenters. The molecule has 0 saturated heterocycles. The highest BCUT2D eigenvalue weighted by Gasteiger charge is 2.38. The molecule has 2 heterocycles. The third kappa shape index (κ3) is 5.07. The number of fused-ring (bicyclic) bond motifs is 3. The van der Waals surface area contributed by atoms with Gasteiger partial charge in [-0.25, -0.2) is 4.39 Å². The number of allylic oxidation sites excluding steroid dienone is 5. The molecule has 0 amide bonds. The zero-order valence-electron chi connectivity index (χ0n) is 21.2. The van der Waals surface area contributed by atoms with Crippen LogP contribution in [-0.4, -0.2) is 29.4 Å². The third-order valence-electron chi connectivity index (χ3n) is 6.33. The van der Waals surface area contributed by atoms with E-state index in [9.17, 15) is 9.65 Å². The Labute approximate surface area is 203 Å². The SMILES string of the molecule is C=C(C#N)C1=CN2C(=CC1=C)c1cc(C)c(C(C=NCC(C)(C)F)=CN)cc1CC2C(C)(C)C. The fourth-order valence-corrected chi connectivity index (χ4v) is 4.48. The van der Waals surface area contributed by atoms with Gasteiger partial charge in [0, 0.05) is 47.1 Å². The molecule has 0 bridgehead atoms. The summed E-state index contributed by atoms with van der Waals surface area (Å²) in [6.45, 7) is 19.9. The molecule has 0 aliphatic carbocycles. The van der Waals surface area contributed by atoms with Gasteiger partial charge in [0.15, 0.2) is 0 Å². The van der Waals surface area contributed by atoms with Crippen molar-refractivity contribution in [1.82, 2.24) is 4.90 Å². The highest BCUT2D eigenvalue weighted by atomic mass is 19.1. The summed E-state index contributed by atoms with van der Waals surface area (Å²) in [4.78, 5) is 6.56. The van der Waals surface area contributed by atoms with Crippen molar-refractivity contribution >= 4 is 17.5 Å². The lowest BCUT2D eigenvalue weighted by atomic mass is 9.75. The van der Waals surface area contributed by atoms with Crippen LogP contribution in [0.4, 0.5) is 4.39 Å². The standard InChI is InChI=1S/C29H35FN4/c1-18-9-24-21(11-23(18)22(14-32)15-33-17-29(7,8)30)12-27(28(4,5)6)34-16-25(20(3)13-31)19(2)10-26(24)34/h9-11,14-16,27H,2-3,12,17,32H2,1,4-8H3. The molecule has 5 heteroatoms. The molecular weight excluding hydrogens is 423 g/mol. The van der Waals surface area contributed by atoms with Crippen LogP contribution in [0, 0.1) is 23.7 Å². The second-order valence-electron chi connectivity index (χ2n) is 10.8. The number of aryl methyl sites for hydroxylation is 1. The van der Waals surface area contributed by atoms with Gasteiger partial charge >= 0.3 is 0 Å². The number of nitriles is 1. The summed E-state index contributed by atoms with van der Waals surface area (Å²) >= 11 is 0. The predicted octanol–water partition coefficient (Wildman–Crippen LogP) is 6.26. The summed E-state index contributed by atoms with van der Waals surface area (Å²) in [5.41, 5.74) is 12.8. The molecule has 2 N–H and O–H groups in total. The Kier molecular flexibility index (Phi) is 6.75. The lowest BCUT2D eigenvalue weighted by Crippen LogP contribution is -2.45. The van der Waals surface area contributed by atoms with E-state index in [0.29, 0.717) is 5.57 Å². The molecule has 1 aromatic carbocycles. The van der Waals surface area contributed by atoms with E-state index in [1.54, 1.807) is 6.21 Å². The van der Waals surface area contributed by atoms with Crippen LogP contribution in [0.1, 0.15) is 56.9 Å². The van der Waals surface area contributed by atoms with E-state index >= 15 is 0 Å². The van der Waals surface area contributed by atoms with Crippen LogP contribution in [0.5, 0.6) is 0 Å². The molecule has 0 saturated carbocycles. The number of rotatable bonds is 5. The first-order valence-electron chi connectivity index (χ1n) is 11.5. The number of alkyl halides is 1. The van der Waals surface area contributed by atoms with Gasteiger partial charge in [-0.15, -0.1) is 0 Å². The molecule has 2 aliphatic heterocycles. The molecule has 3 rings (SSSR count). The van der Waals surface area contributed by atoms with Gasteiger partial charge in [0.2, 0.25) is 0 Å². The highest BCUT2D eigenvalue weighted by Crippen LogP contribution is 2.44. The Balaban J connectivity index is 2.12. The summed E-state index contributed by atoms with van der Waals surface area (Å²) in [7, 11) is 0. The van der Waals surface area contributed by atoms with Crippen molar-refractivity contribution in [3.63, 3.8) is 0 Å². The van der Waals surface area contributed by atoms with Crippen molar-refractivity contribution in [1.29, 1.82) is 5.26 Å². The summed E-state index contributed by atoms with van der Waals surface area (Å²) in [5, 5.41) is 9.42. The number of halogens is 1. The zero-order valence-corrected chi connectivity index (χ0v) is 21.2. The molecule has 0 fully saturated rings. The van der Waals surface area contributed by atoms with Crippen molar-refractivity contribution < 1.29 is 4.39 Å². The highest BCUT2D eigenvalue weighted by molar-refractivity contribution is 6.10. The molecule has 4 nitrogen and oxygen atoms in total. The first-order chi connectivity index (χ1) is 15.8. The molecule has 2 aliphatic rings. The van der Waals surface area contributed by atoms with E-state index in [4.69, 9.17) is 5.73 Å². The van der Waals surface area contributed by atoms with Crippen molar-refractivity contribution in [2.45, 2.75) is 59.7 Å². The van der Waals surface area contributed by atoms with Crippen molar-refractivity contribution in [2.75, 3.05) is 6.54 Å². The molecule has 0 radical (unpaired) electrons. The summed E-state index contributed by atoms with van der Waals surface area (Å²) in [6, 6.07) is 6.68.